The Bertz CT molecular complexity index is 905. The summed E-state index contributed by atoms with van der Waals surface area (Å²) in [5, 5.41) is 0. The average Bonchev–Trinajstić information content (AvgIpc) is 3.11. The largest absolute Gasteiger partial charge is 0.756 e. The van der Waals surface area contributed by atoms with E-state index in [1.807, 2.05) is 27.2 Å². The van der Waals surface area contributed by atoms with Gasteiger partial charge in [0, 0.05) is 6.42 Å². The summed E-state index contributed by atoms with van der Waals surface area (Å²) in [5.41, 5.74) is 0. The molecular weight excluding hydrogens is 685 g/mol. The number of quaternary nitrogens is 1. The quantitative estimate of drug-likeness (QED) is 0.0152. The van der Waals surface area contributed by atoms with Crippen molar-refractivity contribution in [3.63, 3.8) is 0 Å². The van der Waals surface area contributed by atoms with Crippen molar-refractivity contribution < 1.29 is 37.3 Å². The van der Waals surface area contributed by atoms with Crippen molar-refractivity contribution in [2.75, 3.05) is 47.5 Å². The van der Waals surface area contributed by atoms with E-state index in [4.69, 9.17) is 18.5 Å². The number of phosphoric ester groups is 1. The third-order valence-electron chi connectivity index (χ3n) is 9.57. The van der Waals surface area contributed by atoms with Gasteiger partial charge in [-0.1, -0.05) is 161 Å². The highest BCUT2D eigenvalue weighted by Crippen LogP contribution is 2.38. The first kappa shape index (κ1) is 51.8. The fourth-order valence-corrected chi connectivity index (χ4v) is 6.82. The monoisotopic (exact) mass is 772 g/mol. The molecule has 0 amide bonds. The number of likely N-dealkylation sites (N-methyl/N-ethyl adjacent to an activating group) is 1. The summed E-state index contributed by atoms with van der Waals surface area (Å²) < 4.78 is 34.3. The first-order valence-electron chi connectivity index (χ1n) is 22.1. The first-order chi connectivity index (χ1) is 25.6. The molecule has 0 heterocycles. The molecule has 0 aromatic carbocycles. The van der Waals surface area contributed by atoms with Crippen LogP contribution in [0.15, 0.2) is 24.5 Å². The second-order valence-corrected chi connectivity index (χ2v) is 17.5. The third-order valence-corrected chi connectivity index (χ3v) is 10.5. The molecule has 0 saturated carbocycles. The maximum Gasteiger partial charge on any atom is 0.306 e. The van der Waals surface area contributed by atoms with Gasteiger partial charge in [-0.3, -0.25) is 9.36 Å². The number of allylic oxidation sites excluding steroid dienone is 3. The third kappa shape index (κ3) is 41.8. The van der Waals surface area contributed by atoms with E-state index in [9.17, 15) is 14.3 Å². The number of phosphoric acid groups is 1. The molecular formula is C44H86NO7P. The van der Waals surface area contributed by atoms with Gasteiger partial charge in [0.25, 0.3) is 7.82 Å². The van der Waals surface area contributed by atoms with Gasteiger partial charge in [0.1, 0.15) is 19.8 Å². The molecule has 0 rings (SSSR count). The minimum absolute atomic E-state index is 0.0166. The van der Waals surface area contributed by atoms with Crippen molar-refractivity contribution in [3.8, 4) is 0 Å². The molecule has 0 aromatic heterocycles. The predicted molar refractivity (Wildman–Crippen MR) is 222 cm³/mol. The van der Waals surface area contributed by atoms with Gasteiger partial charge in [0.2, 0.25) is 0 Å². The van der Waals surface area contributed by atoms with Gasteiger partial charge < -0.3 is 27.9 Å². The van der Waals surface area contributed by atoms with Crippen LogP contribution in [0, 0.1) is 0 Å². The van der Waals surface area contributed by atoms with Crippen molar-refractivity contribution in [1.82, 2.24) is 0 Å². The average molecular weight is 772 g/mol. The number of nitrogens with zero attached hydrogens (tertiary/aromatic N) is 1. The summed E-state index contributed by atoms with van der Waals surface area (Å²) >= 11 is 0. The van der Waals surface area contributed by atoms with Crippen LogP contribution in [0.5, 0.6) is 0 Å². The SMILES string of the molecule is CCCCCCCC/C=C\CCCCCCCC(=O)O[C@H](CO/C=C/CCCCCCCCCCCCCCCC)COP(=O)([O-])OCC[N+](C)(C)C. The topological polar surface area (TPSA) is 94.1 Å². The van der Waals surface area contributed by atoms with Gasteiger partial charge in [0.15, 0.2) is 6.10 Å². The zero-order valence-corrected chi connectivity index (χ0v) is 36.4. The lowest BCUT2D eigenvalue weighted by molar-refractivity contribution is -0.870. The number of hydrogen-bond donors (Lipinski definition) is 0. The van der Waals surface area contributed by atoms with Gasteiger partial charge in [0.05, 0.1) is 34.0 Å². The van der Waals surface area contributed by atoms with Crippen LogP contribution in [-0.2, 0) is 27.9 Å². The molecule has 0 bridgehead atoms. The number of ether oxygens (including phenoxy) is 2. The lowest BCUT2D eigenvalue weighted by Crippen LogP contribution is -2.37. The van der Waals surface area contributed by atoms with Gasteiger partial charge in [-0.2, -0.15) is 0 Å². The van der Waals surface area contributed by atoms with Crippen LogP contribution in [-0.4, -0.2) is 64.1 Å². The zero-order valence-electron chi connectivity index (χ0n) is 35.5. The first-order valence-corrected chi connectivity index (χ1v) is 23.6. The van der Waals surface area contributed by atoms with Crippen LogP contribution in [0.25, 0.3) is 0 Å². The van der Waals surface area contributed by atoms with E-state index in [-0.39, 0.29) is 25.8 Å². The summed E-state index contributed by atoms with van der Waals surface area (Å²) in [6, 6.07) is 0. The van der Waals surface area contributed by atoms with Crippen molar-refractivity contribution in [3.05, 3.63) is 24.5 Å². The molecule has 0 aromatic rings. The summed E-state index contributed by atoms with van der Waals surface area (Å²) in [6.07, 6.45) is 42.8. The van der Waals surface area contributed by atoms with Crippen LogP contribution in [0.2, 0.25) is 0 Å². The van der Waals surface area contributed by atoms with E-state index in [0.717, 1.165) is 44.9 Å². The number of hydrogen-bond acceptors (Lipinski definition) is 7. The molecule has 314 valence electrons. The normalized spacial score (nSPS) is 13.9. The molecule has 2 atom stereocenters. The van der Waals surface area contributed by atoms with E-state index in [1.54, 1.807) is 6.26 Å². The molecule has 0 N–H and O–H groups in total. The molecule has 0 saturated heterocycles. The molecule has 0 spiro atoms. The summed E-state index contributed by atoms with van der Waals surface area (Å²) in [4.78, 5) is 25.0. The number of rotatable bonds is 41. The molecule has 0 aliphatic carbocycles. The highest BCUT2D eigenvalue weighted by molar-refractivity contribution is 7.45. The highest BCUT2D eigenvalue weighted by Gasteiger charge is 2.20. The van der Waals surface area contributed by atoms with Crippen LogP contribution < -0.4 is 4.89 Å². The number of esters is 1. The van der Waals surface area contributed by atoms with Crippen LogP contribution in [0.4, 0.5) is 0 Å². The van der Waals surface area contributed by atoms with E-state index < -0.39 is 13.9 Å². The fourth-order valence-electron chi connectivity index (χ4n) is 6.09. The Hall–Kier alpha value is -1.18. The Morgan fingerprint density at radius 2 is 1.00 bits per heavy atom. The Labute approximate surface area is 328 Å². The second kappa shape index (κ2) is 37.7. The Morgan fingerprint density at radius 3 is 1.45 bits per heavy atom. The van der Waals surface area contributed by atoms with Crippen LogP contribution in [0.3, 0.4) is 0 Å². The number of unbranched alkanes of at least 4 members (excludes halogenated alkanes) is 25. The summed E-state index contributed by atoms with van der Waals surface area (Å²) in [5.74, 6) is -0.363. The molecule has 8 nitrogen and oxygen atoms in total. The van der Waals surface area contributed by atoms with Gasteiger partial charge in [-0.05, 0) is 51.0 Å². The number of carbonyl (C=O) groups is 1. The fraction of sp³-hybridized carbons (Fsp3) is 0.886. The molecule has 0 aliphatic rings. The van der Waals surface area contributed by atoms with Crippen molar-refractivity contribution in [1.29, 1.82) is 0 Å². The van der Waals surface area contributed by atoms with E-state index in [0.29, 0.717) is 17.4 Å². The maximum absolute atomic E-state index is 12.6. The Balaban J connectivity index is 4.28. The zero-order chi connectivity index (χ0) is 39.1. The predicted octanol–water partition coefficient (Wildman–Crippen LogP) is 12.5. The number of carbonyl (C=O) groups excluding carboxylic acids is 1. The highest BCUT2D eigenvalue weighted by atomic mass is 31.2. The van der Waals surface area contributed by atoms with Crippen molar-refractivity contribution in [2.45, 2.75) is 206 Å². The molecule has 53 heavy (non-hydrogen) atoms. The molecule has 1 unspecified atom stereocenters. The second-order valence-electron chi connectivity index (χ2n) is 16.1. The smallest absolute Gasteiger partial charge is 0.306 e. The molecule has 0 radical (unpaired) electrons. The Morgan fingerprint density at radius 1 is 0.585 bits per heavy atom. The van der Waals surface area contributed by atoms with Crippen molar-refractivity contribution in [2.24, 2.45) is 0 Å². The van der Waals surface area contributed by atoms with Gasteiger partial charge in [-0.15, -0.1) is 0 Å². The minimum atomic E-state index is -4.54. The van der Waals surface area contributed by atoms with Gasteiger partial charge >= 0.3 is 5.97 Å². The van der Waals surface area contributed by atoms with Crippen LogP contribution >= 0.6 is 7.82 Å². The summed E-state index contributed by atoms with van der Waals surface area (Å²) in [6.45, 7) is 4.74. The lowest BCUT2D eigenvalue weighted by Gasteiger charge is -2.28. The maximum atomic E-state index is 12.6. The lowest BCUT2D eigenvalue weighted by atomic mass is 10.0. The minimum Gasteiger partial charge on any atom is -0.756 e. The van der Waals surface area contributed by atoms with Crippen molar-refractivity contribution >= 4 is 13.8 Å². The summed E-state index contributed by atoms with van der Waals surface area (Å²) in [7, 11) is 1.32. The molecule has 9 heteroatoms. The van der Waals surface area contributed by atoms with E-state index in [2.05, 4.69) is 26.0 Å². The molecule has 0 fully saturated rings. The van der Waals surface area contributed by atoms with Crippen LogP contribution in [0.1, 0.15) is 200 Å². The van der Waals surface area contributed by atoms with E-state index >= 15 is 0 Å². The standard InChI is InChI=1S/C44H86NO7P/c1-6-8-10-12-14-16-18-20-22-24-26-28-30-32-34-36-39-49-41-43(42-51-53(47,48)50-40-38-45(3,4)5)52-44(46)37-35-33-31-29-27-25-23-21-19-17-15-13-11-9-7-2/h21,23,36,39,43H,6-20,22,24-35,37-38,40-42H2,1-5H3/b23-21-,39-36+/t43-/m1/s1. The van der Waals surface area contributed by atoms with Gasteiger partial charge in [-0.25, -0.2) is 0 Å². The Kier molecular flexibility index (Phi) is 36.9. The van der Waals surface area contributed by atoms with E-state index in [1.165, 1.54) is 135 Å². The molecule has 0 aliphatic heterocycles.